The van der Waals surface area contributed by atoms with Crippen molar-refractivity contribution in [1.82, 2.24) is 0 Å². The van der Waals surface area contributed by atoms with Crippen LogP contribution in [0, 0.1) is 0 Å². The second kappa shape index (κ2) is 9.77. The maximum atomic E-state index is 9.12. The Morgan fingerprint density at radius 1 is 1.43 bits per heavy atom. The van der Waals surface area contributed by atoms with Crippen molar-refractivity contribution >= 4 is 11.8 Å². The first-order chi connectivity index (χ1) is 6.76. The summed E-state index contributed by atoms with van der Waals surface area (Å²) >= 11 is 1.75. The van der Waals surface area contributed by atoms with E-state index in [0.29, 0.717) is 6.61 Å². The lowest BCUT2D eigenvalue weighted by Crippen LogP contribution is -2.39. The van der Waals surface area contributed by atoms with Gasteiger partial charge in [0.05, 0.1) is 13.2 Å². The van der Waals surface area contributed by atoms with E-state index in [2.05, 4.69) is 6.92 Å². The lowest BCUT2D eigenvalue weighted by molar-refractivity contribution is 0.167. The molecule has 14 heavy (non-hydrogen) atoms. The highest BCUT2D eigenvalue weighted by Crippen LogP contribution is 2.16. The number of methoxy groups -OCH3 is 1. The van der Waals surface area contributed by atoms with E-state index in [4.69, 9.17) is 15.6 Å². The fourth-order valence-electron chi connectivity index (χ4n) is 1.20. The molecule has 3 N–H and O–H groups in total. The largest absolute Gasteiger partial charge is 0.395 e. The van der Waals surface area contributed by atoms with Crippen molar-refractivity contribution in [1.29, 1.82) is 0 Å². The van der Waals surface area contributed by atoms with Gasteiger partial charge < -0.3 is 15.6 Å². The van der Waals surface area contributed by atoms with Gasteiger partial charge in [0.1, 0.15) is 0 Å². The quantitative estimate of drug-likeness (QED) is 0.575. The molecule has 0 amide bonds. The Kier molecular flexibility index (Phi) is 9.93. The number of hydrogen-bond donors (Lipinski definition) is 2. The Bertz CT molecular complexity index is 125. The lowest BCUT2D eigenvalue weighted by Gasteiger charge is -2.20. The lowest BCUT2D eigenvalue weighted by atomic mass is 10.2. The Labute approximate surface area is 91.4 Å². The van der Waals surface area contributed by atoms with E-state index < -0.39 is 0 Å². The van der Waals surface area contributed by atoms with Gasteiger partial charge in [0.15, 0.2) is 0 Å². The highest BCUT2D eigenvalue weighted by atomic mass is 32.2. The minimum Gasteiger partial charge on any atom is -0.395 e. The van der Waals surface area contributed by atoms with Crippen LogP contribution < -0.4 is 5.73 Å². The number of nitrogens with two attached hydrogens (primary N) is 1. The van der Waals surface area contributed by atoms with Crippen LogP contribution in [0.15, 0.2) is 0 Å². The van der Waals surface area contributed by atoms with E-state index in [-0.39, 0.29) is 17.9 Å². The highest BCUT2D eigenvalue weighted by molar-refractivity contribution is 7.99. The van der Waals surface area contributed by atoms with Crippen molar-refractivity contribution in [2.24, 2.45) is 5.73 Å². The Morgan fingerprint density at radius 3 is 2.64 bits per heavy atom. The summed E-state index contributed by atoms with van der Waals surface area (Å²) in [6.07, 6.45) is 3.69. The third-order valence-electron chi connectivity index (χ3n) is 2.10. The smallest absolute Gasteiger partial charge is 0.0625 e. The first kappa shape index (κ1) is 14.2. The predicted octanol–water partition coefficient (Wildman–Crippen LogP) is 1.24. The van der Waals surface area contributed by atoms with Crippen LogP contribution in [0.5, 0.6) is 0 Å². The van der Waals surface area contributed by atoms with Crippen molar-refractivity contribution < 1.29 is 9.84 Å². The van der Waals surface area contributed by atoms with Crippen LogP contribution >= 0.6 is 11.8 Å². The van der Waals surface area contributed by atoms with Gasteiger partial charge in [0.25, 0.3) is 0 Å². The highest BCUT2D eigenvalue weighted by Gasteiger charge is 2.16. The second-order valence-corrected chi connectivity index (χ2v) is 4.77. The van der Waals surface area contributed by atoms with E-state index >= 15 is 0 Å². The number of aliphatic hydroxyl groups excluding tert-OH is 1. The number of thioether (sulfide) groups is 1. The standard InChI is InChI=1S/C10H23NO2S/c1-3-4-5-6-14-10(7-12)9(11)8-13-2/h9-10,12H,3-8,11H2,1-2H3. The van der Waals surface area contributed by atoms with Crippen LogP contribution in [0.4, 0.5) is 0 Å². The van der Waals surface area contributed by atoms with Gasteiger partial charge in [0, 0.05) is 18.4 Å². The molecule has 0 aromatic carbocycles. The SMILES string of the molecule is CCCCCSC(CO)C(N)COC. The van der Waals surface area contributed by atoms with Crippen LogP contribution in [0.1, 0.15) is 26.2 Å². The average molecular weight is 221 g/mol. The molecule has 0 fully saturated rings. The second-order valence-electron chi connectivity index (χ2n) is 3.42. The number of unbranched alkanes of at least 4 members (excludes halogenated alkanes) is 2. The van der Waals surface area contributed by atoms with Gasteiger partial charge in [0.2, 0.25) is 0 Å². The molecule has 0 heterocycles. The van der Waals surface area contributed by atoms with Crippen molar-refractivity contribution in [2.75, 3.05) is 26.1 Å². The summed E-state index contributed by atoms with van der Waals surface area (Å²) in [4.78, 5) is 0. The van der Waals surface area contributed by atoms with Crippen LogP contribution in [0.3, 0.4) is 0 Å². The van der Waals surface area contributed by atoms with Gasteiger partial charge in [-0.05, 0) is 12.2 Å². The van der Waals surface area contributed by atoms with Crippen molar-refractivity contribution in [2.45, 2.75) is 37.5 Å². The zero-order valence-electron chi connectivity index (χ0n) is 9.24. The zero-order valence-corrected chi connectivity index (χ0v) is 10.1. The van der Waals surface area contributed by atoms with Gasteiger partial charge in [-0.2, -0.15) is 11.8 Å². The number of rotatable bonds is 9. The van der Waals surface area contributed by atoms with Crippen molar-refractivity contribution in [3.63, 3.8) is 0 Å². The van der Waals surface area contributed by atoms with E-state index in [9.17, 15) is 0 Å². The fraction of sp³-hybridized carbons (Fsp3) is 1.00. The minimum atomic E-state index is -0.0587. The molecular weight excluding hydrogens is 198 g/mol. The molecule has 0 rings (SSSR count). The Balaban J connectivity index is 3.56. The third kappa shape index (κ3) is 6.65. The molecule has 0 spiro atoms. The summed E-state index contributed by atoms with van der Waals surface area (Å²) in [6, 6.07) is -0.0587. The third-order valence-corrected chi connectivity index (χ3v) is 3.55. The molecule has 86 valence electrons. The van der Waals surface area contributed by atoms with Gasteiger partial charge in [-0.3, -0.25) is 0 Å². The molecule has 0 bridgehead atoms. The molecule has 3 nitrogen and oxygen atoms in total. The van der Waals surface area contributed by atoms with Gasteiger partial charge >= 0.3 is 0 Å². The molecule has 0 radical (unpaired) electrons. The minimum absolute atomic E-state index is 0.0587. The maximum Gasteiger partial charge on any atom is 0.0625 e. The summed E-state index contributed by atoms with van der Waals surface area (Å²) in [5.41, 5.74) is 5.85. The molecule has 4 heteroatoms. The Hall–Kier alpha value is 0.230. The van der Waals surface area contributed by atoms with Crippen LogP contribution in [0.25, 0.3) is 0 Å². The van der Waals surface area contributed by atoms with Crippen LogP contribution in [-0.2, 0) is 4.74 Å². The van der Waals surface area contributed by atoms with Crippen LogP contribution in [0.2, 0.25) is 0 Å². The van der Waals surface area contributed by atoms with Crippen molar-refractivity contribution in [3.05, 3.63) is 0 Å². The monoisotopic (exact) mass is 221 g/mol. The van der Waals surface area contributed by atoms with Gasteiger partial charge in [-0.15, -0.1) is 0 Å². The van der Waals surface area contributed by atoms with Gasteiger partial charge in [-0.1, -0.05) is 19.8 Å². The van der Waals surface area contributed by atoms with Crippen molar-refractivity contribution in [3.8, 4) is 0 Å². The topological polar surface area (TPSA) is 55.5 Å². The summed E-state index contributed by atoms with van der Waals surface area (Å²) in [5, 5.41) is 9.24. The zero-order chi connectivity index (χ0) is 10.8. The number of ether oxygens (including phenoxy) is 1. The summed E-state index contributed by atoms with van der Waals surface area (Å²) in [5.74, 6) is 1.08. The molecule has 2 unspecified atom stereocenters. The van der Waals surface area contributed by atoms with E-state index in [0.717, 1.165) is 5.75 Å². The van der Waals surface area contributed by atoms with E-state index in [1.54, 1.807) is 18.9 Å². The first-order valence-electron chi connectivity index (χ1n) is 5.23. The molecule has 0 aliphatic rings. The summed E-state index contributed by atoms with van der Waals surface area (Å²) in [6.45, 7) is 2.85. The molecule has 0 aromatic heterocycles. The average Bonchev–Trinajstić information content (AvgIpc) is 2.18. The van der Waals surface area contributed by atoms with E-state index in [1.165, 1.54) is 19.3 Å². The van der Waals surface area contributed by atoms with E-state index in [1.807, 2.05) is 0 Å². The van der Waals surface area contributed by atoms with Gasteiger partial charge in [-0.25, -0.2) is 0 Å². The summed E-state index contributed by atoms with van der Waals surface area (Å²) in [7, 11) is 1.63. The number of aliphatic hydroxyl groups is 1. The molecule has 0 aromatic rings. The normalized spacial score (nSPS) is 15.4. The molecule has 0 saturated carbocycles. The van der Waals surface area contributed by atoms with Crippen LogP contribution in [-0.4, -0.2) is 42.5 Å². The molecule has 0 aliphatic heterocycles. The first-order valence-corrected chi connectivity index (χ1v) is 6.28. The molecule has 0 saturated heterocycles. The molecule has 0 aliphatic carbocycles. The molecule has 2 atom stereocenters. The Morgan fingerprint density at radius 2 is 2.14 bits per heavy atom. The number of hydrogen-bond acceptors (Lipinski definition) is 4. The summed E-state index contributed by atoms with van der Waals surface area (Å²) < 4.78 is 4.96. The predicted molar refractivity (Wildman–Crippen MR) is 62.7 cm³/mol. The maximum absolute atomic E-state index is 9.12. The molecular formula is C10H23NO2S. The fourth-order valence-corrected chi connectivity index (χ4v) is 2.30.